The Bertz CT molecular complexity index is 1040. The number of rotatable bonds is 1. The number of carbonyl (C=O) groups excluding carboxylic acids is 2. The lowest BCUT2D eigenvalue weighted by atomic mass is 9.67. The summed E-state index contributed by atoms with van der Waals surface area (Å²) in [4.78, 5) is 27.4. The van der Waals surface area contributed by atoms with Gasteiger partial charge in [-0.05, 0) is 36.3 Å². The van der Waals surface area contributed by atoms with E-state index in [1.165, 1.54) is 12.1 Å². The molecule has 26 heavy (non-hydrogen) atoms. The van der Waals surface area contributed by atoms with E-state index in [0.717, 1.165) is 4.90 Å². The third-order valence-corrected chi connectivity index (χ3v) is 6.05. The molecule has 132 valence electrons. The third kappa shape index (κ3) is 1.52. The van der Waals surface area contributed by atoms with Gasteiger partial charge in [0.05, 0.1) is 34.8 Å². The molecule has 3 aliphatic heterocycles. The fraction of sp³-hybridized carbons (Fsp3) is 0.471. The molecule has 3 aliphatic rings. The van der Waals surface area contributed by atoms with Gasteiger partial charge in [0.2, 0.25) is 11.8 Å². The summed E-state index contributed by atoms with van der Waals surface area (Å²) in [6.45, 7) is 3.43. The number of imide groups is 1. The SMILES string of the molecule is C[C@]12CC(O)[C@](C)(O1)[C@@H]1C(=O)N(c3ccc(C#N)c4nonc34)C(=O)[C@@H]12. The molecule has 0 aliphatic carbocycles. The Hall–Kier alpha value is -2.83. The molecule has 0 radical (unpaired) electrons. The summed E-state index contributed by atoms with van der Waals surface area (Å²) < 4.78 is 10.7. The highest BCUT2D eigenvalue weighted by atomic mass is 16.6. The van der Waals surface area contributed by atoms with Crippen LogP contribution in [0.15, 0.2) is 16.8 Å². The number of anilines is 1. The predicted molar refractivity (Wildman–Crippen MR) is 84.5 cm³/mol. The normalized spacial score (nSPS) is 38.2. The van der Waals surface area contributed by atoms with E-state index in [2.05, 4.69) is 10.3 Å². The molecule has 2 aromatic rings. The summed E-state index contributed by atoms with van der Waals surface area (Å²) in [5.41, 5.74) is -1.16. The number of carbonyl (C=O) groups is 2. The van der Waals surface area contributed by atoms with E-state index in [1.807, 2.05) is 6.07 Å². The van der Waals surface area contributed by atoms with Gasteiger partial charge in [0.1, 0.15) is 11.7 Å². The number of aromatic nitrogens is 2. The smallest absolute Gasteiger partial charge is 0.240 e. The lowest BCUT2D eigenvalue weighted by molar-refractivity contribution is -0.132. The van der Waals surface area contributed by atoms with E-state index >= 15 is 0 Å². The van der Waals surface area contributed by atoms with E-state index < -0.39 is 41.0 Å². The van der Waals surface area contributed by atoms with Crippen LogP contribution in [0.5, 0.6) is 0 Å². The van der Waals surface area contributed by atoms with Gasteiger partial charge >= 0.3 is 0 Å². The number of aliphatic hydroxyl groups excluding tert-OH is 1. The Labute approximate surface area is 147 Å². The molecular weight excluding hydrogens is 340 g/mol. The minimum Gasteiger partial charge on any atom is -0.390 e. The first-order valence-electron chi connectivity index (χ1n) is 8.23. The Morgan fingerprint density at radius 1 is 1.23 bits per heavy atom. The molecule has 2 bridgehead atoms. The van der Waals surface area contributed by atoms with Gasteiger partial charge < -0.3 is 9.84 Å². The number of nitriles is 1. The second-order valence-electron chi connectivity index (χ2n) is 7.49. The lowest BCUT2D eigenvalue weighted by Crippen LogP contribution is -2.49. The number of nitrogens with zero attached hydrogens (tertiary/aromatic N) is 4. The van der Waals surface area contributed by atoms with Crippen LogP contribution in [0.1, 0.15) is 25.8 Å². The zero-order valence-electron chi connectivity index (χ0n) is 14.0. The zero-order chi connectivity index (χ0) is 18.4. The quantitative estimate of drug-likeness (QED) is 0.733. The number of hydrogen-bond acceptors (Lipinski definition) is 8. The van der Waals surface area contributed by atoms with Crippen LogP contribution >= 0.6 is 0 Å². The van der Waals surface area contributed by atoms with Crippen LogP contribution in [0, 0.1) is 23.2 Å². The molecule has 1 unspecified atom stereocenters. The summed E-state index contributed by atoms with van der Waals surface area (Å²) in [7, 11) is 0. The van der Waals surface area contributed by atoms with Crippen molar-refractivity contribution in [3.63, 3.8) is 0 Å². The molecule has 5 rings (SSSR count). The van der Waals surface area contributed by atoms with Gasteiger partial charge in [0, 0.05) is 6.42 Å². The van der Waals surface area contributed by atoms with Crippen molar-refractivity contribution in [3.05, 3.63) is 17.7 Å². The van der Waals surface area contributed by atoms with Crippen LogP contribution in [-0.2, 0) is 14.3 Å². The summed E-state index contributed by atoms with van der Waals surface area (Å²) in [5.74, 6) is -2.28. The maximum absolute atomic E-state index is 13.2. The first-order valence-corrected chi connectivity index (χ1v) is 8.23. The van der Waals surface area contributed by atoms with Crippen LogP contribution in [-0.4, -0.2) is 44.5 Å². The number of amides is 2. The molecule has 1 N–H and O–H groups in total. The molecular formula is C17H14N4O5. The lowest BCUT2D eigenvalue weighted by Gasteiger charge is -2.31. The van der Waals surface area contributed by atoms with E-state index in [4.69, 9.17) is 14.6 Å². The number of fused-ring (bicyclic) bond motifs is 6. The largest absolute Gasteiger partial charge is 0.390 e. The van der Waals surface area contributed by atoms with E-state index in [-0.39, 0.29) is 22.3 Å². The van der Waals surface area contributed by atoms with Gasteiger partial charge in [-0.3, -0.25) is 9.59 Å². The minimum absolute atomic E-state index is 0.176. The van der Waals surface area contributed by atoms with Gasteiger partial charge in [-0.15, -0.1) is 0 Å². The van der Waals surface area contributed by atoms with Crippen molar-refractivity contribution in [1.29, 1.82) is 5.26 Å². The highest BCUT2D eigenvalue weighted by Crippen LogP contribution is 2.61. The summed E-state index contributed by atoms with van der Waals surface area (Å²) in [5, 5.41) is 27.0. The Balaban J connectivity index is 1.68. The van der Waals surface area contributed by atoms with E-state index in [1.54, 1.807) is 13.8 Å². The first-order chi connectivity index (χ1) is 12.3. The molecule has 0 saturated carbocycles. The fourth-order valence-corrected chi connectivity index (χ4v) is 4.88. The molecule has 0 spiro atoms. The van der Waals surface area contributed by atoms with Crippen LogP contribution in [0.25, 0.3) is 11.0 Å². The molecule has 2 amide bonds. The van der Waals surface area contributed by atoms with E-state index in [0.29, 0.717) is 6.42 Å². The van der Waals surface area contributed by atoms with Crippen molar-refractivity contribution in [3.8, 4) is 6.07 Å². The van der Waals surface area contributed by atoms with Gasteiger partial charge in [-0.25, -0.2) is 9.53 Å². The molecule has 3 fully saturated rings. The standard InChI is InChI=1S/C17H14N4O5/c1-16-5-9(22)17(2,25-16)11-10(16)14(23)21(15(11)24)8-4-3-7(6-18)12-13(8)20-26-19-12/h3-4,9-11,22H,5H2,1-2H3/t9?,10-,11+,16-,17+/m1/s1. The number of aliphatic hydroxyl groups is 1. The third-order valence-electron chi connectivity index (χ3n) is 6.05. The van der Waals surface area contributed by atoms with Gasteiger partial charge in [0.25, 0.3) is 0 Å². The summed E-state index contributed by atoms with van der Waals surface area (Å²) in [6.07, 6.45) is -0.522. The van der Waals surface area contributed by atoms with Crippen LogP contribution in [0.4, 0.5) is 5.69 Å². The van der Waals surface area contributed by atoms with Gasteiger partial charge in [-0.1, -0.05) is 0 Å². The molecule has 9 nitrogen and oxygen atoms in total. The average Bonchev–Trinajstić information content (AvgIpc) is 3.27. The second-order valence-corrected chi connectivity index (χ2v) is 7.49. The Morgan fingerprint density at radius 3 is 2.65 bits per heavy atom. The zero-order valence-corrected chi connectivity index (χ0v) is 14.0. The van der Waals surface area contributed by atoms with Crippen molar-refractivity contribution in [2.45, 2.75) is 37.6 Å². The van der Waals surface area contributed by atoms with Crippen molar-refractivity contribution in [1.82, 2.24) is 10.3 Å². The van der Waals surface area contributed by atoms with Gasteiger partial charge in [0.15, 0.2) is 11.0 Å². The fourth-order valence-electron chi connectivity index (χ4n) is 4.88. The Morgan fingerprint density at radius 2 is 1.92 bits per heavy atom. The highest BCUT2D eigenvalue weighted by molar-refractivity contribution is 6.25. The minimum atomic E-state index is -1.10. The van der Waals surface area contributed by atoms with Crippen LogP contribution in [0.2, 0.25) is 0 Å². The summed E-state index contributed by atoms with van der Waals surface area (Å²) in [6, 6.07) is 4.94. The molecule has 9 heteroatoms. The van der Waals surface area contributed by atoms with Crippen molar-refractivity contribution in [2.75, 3.05) is 4.90 Å². The van der Waals surface area contributed by atoms with Crippen LogP contribution in [0.3, 0.4) is 0 Å². The maximum Gasteiger partial charge on any atom is 0.240 e. The predicted octanol–water partition coefficient (Wildman–Crippen LogP) is 0.512. The average molecular weight is 354 g/mol. The number of benzene rings is 1. The molecule has 5 atom stereocenters. The Kier molecular flexibility index (Phi) is 2.65. The van der Waals surface area contributed by atoms with Crippen molar-refractivity contribution >= 4 is 28.5 Å². The van der Waals surface area contributed by atoms with E-state index in [9.17, 15) is 14.7 Å². The number of ether oxygens (including phenoxy) is 1. The number of hydrogen-bond donors (Lipinski definition) is 1. The second kappa shape index (κ2) is 4.47. The molecule has 1 aromatic heterocycles. The van der Waals surface area contributed by atoms with Crippen molar-refractivity contribution in [2.24, 2.45) is 11.8 Å². The van der Waals surface area contributed by atoms with Crippen molar-refractivity contribution < 1.29 is 24.1 Å². The van der Waals surface area contributed by atoms with Crippen LogP contribution < -0.4 is 4.90 Å². The van der Waals surface area contributed by atoms with Gasteiger partial charge in [-0.2, -0.15) is 5.26 Å². The highest BCUT2D eigenvalue weighted by Gasteiger charge is 2.75. The molecule has 1 aromatic carbocycles. The topological polar surface area (TPSA) is 130 Å². The molecule has 4 heterocycles. The summed E-state index contributed by atoms with van der Waals surface area (Å²) >= 11 is 0. The monoisotopic (exact) mass is 354 g/mol. The first kappa shape index (κ1) is 15.4. The maximum atomic E-state index is 13.2. The molecule has 3 saturated heterocycles.